The fraction of sp³-hybridized carbons (Fsp3) is 0.172. The number of benzene rings is 3. The molecule has 1 unspecified atom stereocenters. The Morgan fingerprint density at radius 1 is 0.976 bits per heavy atom. The van der Waals surface area contributed by atoms with Gasteiger partial charge in [-0.15, -0.1) is 0 Å². The van der Waals surface area contributed by atoms with Crippen LogP contribution in [-0.4, -0.2) is 63.8 Å². The summed E-state index contributed by atoms with van der Waals surface area (Å²) in [6.45, 7) is 3.81. The number of piperazine rings is 1. The number of hydrogen-bond acceptors (Lipinski definition) is 10. The molecular formula is C29H27N3O8S. The van der Waals surface area contributed by atoms with Gasteiger partial charge in [0, 0.05) is 60.5 Å². The monoisotopic (exact) mass is 577 g/mol. The van der Waals surface area contributed by atoms with Crippen molar-refractivity contribution in [1.29, 1.82) is 0 Å². The van der Waals surface area contributed by atoms with Gasteiger partial charge in [0.15, 0.2) is 17.3 Å². The molecular weight excluding hydrogens is 550 g/mol. The van der Waals surface area contributed by atoms with E-state index in [4.69, 9.17) is 4.42 Å². The quantitative estimate of drug-likeness (QED) is 0.200. The molecule has 3 heterocycles. The van der Waals surface area contributed by atoms with Crippen LogP contribution in [0.25, 0.3) is 33.1 Å². The van der Waals surface area contributed by atoms with Crippen LogP contribution in [0, 0.1) is 0 Å². The van der Waals surface area contributed by atoms with Crippen LogP contribution in [0.2, 0.25) is 0 Å². The summed E-state index contributed by atoms with van der Waals surface area (Å²) in [6, 6.07) is 14.7. The predicted octanol–water partition coefficient (Wildman–Crippen LogP) is 3.50. The maximum Gasteiger partial charge on any atom is 0.244 e. The molecule has 5 N–H and O–H groups in total. The van der Waals surface area contributed by atoms with E-state index in [1.807, 2.05) is 13.0 Å². The first-order valence-corrected chi connectivity index (χ1v) is 14.1. The highest BCUT2D eigenvalue weighted by Gasteiger charge is 2.31. The lowest BCUT2D eigenvalue weighted by atomic mass is 10.1. The molecule has 0 bridgehead atoms. The molecule has 0 radical (unpaired) electrons. The summed E-state index contributed by atoms with van der Waals surface area (Å²) < 4.78 is 32.8. The molecule has 0 aliphatic carbocycles. The lowest BCUT2D eigenvalue weighted by Crippen LogP contribution is -2.52. The summed E-state index contributed by atoms with van der Waals surface area (Å²) in [5.41, 5.74) is -0.343. The summed E-state index contributed by atoms with van der Waals surface area (Å²) in [4.78, 5) is 16.5. The first-order valence-electron chi connectivity index (χ1n) is 12.6. The number of fused-ring (bicyclic) bond motifs is 2. The van der Waals surface area contributed by atoms with Gasteiger partial charge in [-0.25, -0.2) is 8.42 Å². The standard InChI is InChI=1S/C15H10O6.C14H17N3O2S/c16-8-2-3-9-12(6-8)21-15(14(20)13(9)19)7-1-4-10(17)11(18)5-7;1-11-9-16-7-8-17(11)20(18,19)14-4-2-3-12-10-15-6-5-13(12)14/h1-6,16-18,20H;2-6,10-11,16H,7-9H2,1H3. The van der Waals surface area contributed by atoms with Gasteiger partial charge in [-0.1, -0.05) is 12.1 Å². The number of aromatic hydroxyl groups is 4. The van der Waals surface area contributed by atoms with Crippen LogP contribution in [0.15, 0.2) is 87.2 Å². The highest BCUT2D eigenvalue weighted by molar-refractivity contribution is 7.89. The maximum atomic E-state index is 12.9. The molecule has 12 heteroatoms. The average Bonchev–Trinajstić information content (AvgIpc) is 2.96. The number of phenolic OH excluding ortho intramolecular Hbond substituents is 3. The third-order valence-electron chi connectivity index (χ3n) is 6.76. The molecule has 1 saturated heterocycles. The molecule has 212 valence electrons. The minimum Gasteiger partial charge on any atom is -0.508 e. The number of nitrogens with one attached hydrogen (secondary N) is 1. The van der Waals surface area contributed by atoms with Crippen molar-refractivity contribution in [3.63, 3.8) is 0 Å². The molecule has 3 aromatic carbocycles. The number of aromatic nitrogens is 1. The van der Waals surface area contributed by atoms with Crippen LogP contribution in [0.4, 0.5) is 0 Å². The molecule has 2 aromatic heterocycles. The zero-order valence-corrected chi connectivity index (χ0v) is 22.7. The van der Waals surface area contributed by atoms with Crippen molar-refractivity contribution in [3.05, 3.63) is 83.3 Å². The molecule has 1 atom stereocenters. The summed E-state index contributed by atoms with van der Waals surface area (Å²) in [5, 5.41) is 43.1. The zero-order valence-electron chi connectivity index (χ0n) is 21.9. The van der Waals surface area contributed by atoms with Gasteiger partial charge in [-0.3, -0.25) is 9.78 Å². The second-order valence-corrected chi connectivity index (χ2v) is 11.4. The topological polar surface area (TPSA) is 173 Å². The Hall–Kier alpha value is -4.65. The molecule has 6 rings (SSSR count). The number of phenols is 3. The predicted molar refractivity (Wildman–Crippen MR) is 153 cm³/mol. The van der Waals surface area contributed by atoms with E-state index in [9.17, 15) is 33.6 Å². The summed E-state index contributed by atoms with van der Waals surface area (Å²) >= 11 is 0. The van der Waals surface area contributed by atoms with Crippen molar-refractivity contribution >= 4 is 31.8 Å². The molecule has 11 nitrogen and oxygen atoms in total. The Morgan fingerprint density at radius 3 is 2.54 bits per heavy atom. The van der Waals surface area contributed by atoms with Crippen LogP contribution in [-0.2, 0) is 10.0 Å². The van der Waals surface area contributed by atoms with Crippen LogP contribution >= 0.6 is 0 Å². The van der Waals surface area contributed by atoms with Gasteiger partial charge in [-0.2, -0.15) is 4.31 Å². The van der Waals surface area contributed by atoms with Gasteiger partial charge in [0.2, 0.25) is 21.2 Å². The second-order valence-electron chi connectivity index (χ2n) is 9.51. The van der Waals surface area contributed by atoms with E-state index >= 15 is 0 Å². The summed E-state index contributed by atoms with van der Waals surface area (Å²) in [5.74, 6) is -1.60. The van der Waals surface area contributed by atoms with Crippen molar-refractivity contribution in [2.24, 2.45) is 0 Å². The number of hydrogen-bond donors (Lipinski definition) is 5. The molecule has 0 amide bonds. The van der Waals surface area contributed by atoms with Crippen LogP contribution < -0.4 is 10.7 Å². The van der Waals surface area contributed by atoms with E-state index in [2.05, 4.69) is 10.3 Å². The smallest absolute Gasteiger partial charge is 0.244 e. The largest absolute Gasteiger partial charge is 0.508 e. The van der Waals surface area contributed by atoms with E-state index in [-0.39, 0.29) is 39.8 Å². The van der Waals surface area contributed by atoms with E-state index in [1.54, 1.807) is 34.9 Å². The maximum absolute atomic E-state index is 12.9. The molecule has 0 spiro atoms. The van der Waals surface area contributed by atoms with Crippen LogP contribution in [0.1, 0.15) is 6.92 Å². The first-order chi connectivity index (χ1) is 19.6. The SMILES string of the molecule is CC1CNCCN1S(=O)(=O)c1cccc2cnccc12.O=c1c(O)c(-c2ccc(O)c(O)c2)oc2cc(O)ccc12. The van der Waals surface area contributed by atoms with Gasteiger partial charge in [0.05, 0.1) is 10.3 Å². The minimum absolute atomic E-state index is 0.0363. The lowest BCUT2D eigenvalue weighted by Gasteiger charge is -2.33. The van der Waals surface area contributed by atoms with Gasteiger partial charge < -0.3 is 30.2 Å². The van der Waals surface area contributed by atoms with Gasteiger partial charge >= 0.3 is 0 Å². The Bertz CT molecular complexity index is 1920. The Balaban J connectivity index is 0.000000165. The molecule has 1 aliphatic rings. The van der Waals surface area contributed by atoms with Crippen molar-refractivity contribution < 1.29 is 33.3 Å². The zero-order chi connectivity index (χ0) is 29.3. The first kappa shape index (κ1) is 27.9. The third kappa shape index (κ3) is 5.40. The Morgan fingerprint density at radius 2 is 1.78 bits per heavy atom. The highest BCUT2D eigenvalue weighted by atomic mass is 32.2. The van der Waals surface area contributed by atoms with E-state index in [0.29, 0.717) is 24.5 Å². The summed E-state index contributed by atoms with van der Waals surface area (Å²) in [7, 11) is -3.47. The highest BCUT2D eigenvalue weighted by Crippen LogP contribution is 2.35. The molecule has 5 aromatic rings. The van der Waals surface area contributed by atoms with E-state index in [0.717, 1.165) is 16.8 Å². The number of rotatable bonds is 3. The van der Waals surface area contributed by atoms with Crippen molar-refractivity contribution in [2.45, 2.75) is 17.9 Å². The number of sulfonamides is 1. The minimum atomic E-state index is -3.47. The molecule has 0 saturated carbocycles. The van der Waals surface area contributed by atoms with Crippen LogP contribution in [0.3, 0.4) is 0 Å². The van der Waals surface area contributed by atoms with Gasteiger partial charge in [0.1, 0.15) is 11.3 Å². The van der Waals surface area contributed by atoms with E-state index in [1.165, 1.54) is 30.3 Å². The number of pyridine rings is 1. The van der Waals surface area contributed by atoms with Crippen molar-refractivity contribution in [1.82, 2.24) is 14.6 Å². The lowest BCUT2D eigenvalue weighted by molar-refractivity contribution is 0.284. The fourth-order valence-electron chi connectivity index (χ4n) is 4.66. The second kappa shape index (κ2) is 11.1. The average molecular weight is 578 g/mol. The van der Waals surface area contributed by atoms with Gasteiger partial charge in [0.25, 0.3) is 0 Å². The number of nitrogens with zero attached hydrogens (tertiary/aromatic N) is 2. The van der Waals surface area contributed by atoms with Gasteiger partial charge in [-0.05, 0) is 49.4 Å². The summed E-state index contributed by atoms with van der Waals surface area (Å²) in [6.07, 6.45) is 3.32. The van der Waals surface area contributed by atoms with Crippen molar-refractivity contribution in [2.75, 3.05) is 19.6 Å². The van der Waals surface area contributed by atoms with Crippen LogP contribution in [0.5, 0.6) is 23.0 Å². The Labute approximate surface area is 234 Å². The Kier molecular flexibility index (Phi) is 7.54. The van der Waals surface area contributed by atoms with Crippen molar-refractivity contribution in [3.8, 4) is 34.3 Å². The van der Waals surface area contributed by atoms with E-state index < -0.39 is 27.0 Å². The molecule has 41 heavy (non-hydrogen) atoms. The normalized spacial score (nSPS) is 15.9. The fourth-order valence-corrected chi connectivity index (χ4v) is 6.50. The molecule has 1 fully saturated rings. The third-order valence-corrected chi connectivity index (χ3v) is 8.83. The molecule has 1 aliphatic heterocycles.